The summed E-state index contributed by atoms with van der Waals surface area (Å²) in [5, 5.41) is 21.7. The molecule has 160 valence electrons. The molecule has 0 bridgehead atoms. The second-order valence-electron chi connectivity index (χ2n) is 6.66. The number of aromatic nitrogens is 4. The van der Waals surface area contributed by atoms with Gasteiger partial charge in [0, 0.05) is 12.6 Å². The van der Waals surface area contributed by atoms with E-state index in [0.29, 0.717) is 30.4 Å². The van der Waals surface area contributed by atoms with Gasteiger partial charge < -0.3 is 20.7 Å². The minimum Gasteiger partial charge on any atom is -0.433 e. The third-order valence-corrected chi connectivity index (χ3v) is 4.66. The van der Waals surface area contributed by atoms with Gasteiger partial charge in [-0.25, -0.2) is 9.61 Å². The molecule has 14 nitrogen and oxygen atoms in total. The zero-order chi connectivity index (χ0) is 22.0. The fourth-order valence-corrected chi connectivity index (χ4v) is 3.32. The predicted molar refractivity (Wildman–Crippen MR) is 103 cm³/mol. The molecule has 2 amide bonds. The molecule has 4 rings (SSSR count). The largest absolute Gasteiger partial charge is 0.433 e. The van der Waals surface area contributed by atoms with Gasteiger partial charge in [0.1, 0.15) is 29.2 Å². The monoisotopic (exact) mass is 428 g/mol. The lowest BCUT2D eigenvalue weighted by Crippen LogP contribution is -2.46. The highest BCUT2D eigenvalue weighted by molar-refractivity contribution is 5.90. The van der Waals surface area contributed by atoms with Crippen molar-refractivity contribution < 1.29 is 23.9 Å². The number of carbonyl (C=O) groups is 2. The first-order valence-electron chi connectivity index (χ1n) is 9.16. The van der Waals surface area contributed by atoms with Gasteiger partial charge in [-0.15, -0.1) is 0 Å². The van der Waals surface area contributed by atoms with Crippen molar-refractivity contribution in [2.75, 3.05) is 18.0 Å². The summed E-state index contributed by atoms with van der Waals surface area (Å²) in [4.78, 5) is 44.0. The summed E-state index contributed by atoms with van der Waals surface area (Å²) >= 11 is 0. The van der Waals surface area contributed by atoms with Crippen LogP contribution >= 0.6 is 0 Å². The van der Waals surface area contributed by atoms with E-state index < -0.39 is 28.5 Å². The number of rotatable bonds is 7. The van der Waals surface area contributed by atoms with Crippen molar-refractivity contribution in [1.29, 1.82) is 0 Å². The zero-order valence-electron chi connectivity index (χ0n) is 15.9. The van der Waals surface area contributed by atoms with Crippen molar-refractivity contribution >= 4 is 34.4 Å². The molecular formula is C17H16N8O6. The fraction of sp³-hybridized carbons (Fsp3) is 0.294. The Morgan fingerprint density at radius 2 is 2.13 bits per heavy atom. The summed E-state index contributed by atoms with van der Waals surface area (Å²) in [6, 6.07) is 3.86. The Morgan fingerprint density at radius 3 is 2.90 bits per heavy atom. The Hall–Kier alpha value is -4.36. The van der Waals surface area contributed by atoms with E-state index in [1.54, 1.807) is 6.07 Å². The third kappa shape index (κ3) is 4.03. The van der Waals surface area contributed by atoms with Crippen molar-refractivity contribution in [2.24, 2.45) is 5.73 Å². The normalized spacial score (nSPS) is 15.7. The average Bonchev–Trinajstić information content (AvgIpc) is 3.40. The summed E-state index contributed by atoms with van der Waals surface area (Å²) < 4.78 is 10.3. The minimum absolute atomic E-state index is 0.0593. The van der Waals surface area contributed by atoms with E-state index in [-0.39, 0.29) is 24.0 Å². The number of fused-ring (bicyclic) bond motifs is 1. The molecule has 2 aromatic heterocycles. The lowest BCUT2D eigenvalue weighted by Gasteiger charge is -2.24. The van der Waals surface area contributed by atoms with E-state index in [2.05, 4.69) is 30.2 Å². The predicted octanol–water partition coefficient (Wildman–Crippen LogP) is 0.284. The SMILES string of the molecule is NC(=O)CNC(=O)C1CCCN1c1ncnc(Oc2ccc3nonc3c2)c1[N+](=O)[O-]. The molecule has 1 saturated heterocycles. The first kappa shape index (κ1) is 19.9. The molecule has 3 N–H and O–H groups in total. The van der Waals surface area contributed by atoms with Gasteiger partial charge in [-0.3, -0.25) is 19.7 Å². The zero-order valence-corrected chi connectivity index (χ0v) is 15.9. The molecule has 14 heteroatoms. The van der Waals surface area contributed by atoms with Gasteiger partial charge in [0.25, 0.3) is 0 Å². The van der Waals surface area contributed by atoms with Gasteiger partial charge in [-0.2, -0.15) is 4.98 Å². The Bertz CT molecular complexity index is 1160. The van der Waals surface area contributed by atoms with Crippen LogP contribution in [0.15, 0.2) is 29.2 Å². The maximum atomic E-state index is 12.5. The van der Waals surface area contributed by atoms with Crippen LogP contribution in [0, 0.1) is 10.1 Å². The van der Waals surface area contributed by atoms with Crippen molar-refractivity contribution in [3.05, 3.63) is 34.6 Å². The van der Waals surface area contributed by atoms with E-state index in [0.717, 1.165) is 6.33 Å². The second kappa shape index (κ2) is 8.17. The lowest BCUT2D eigenvalue weighted by atomic mass is 10.2. The van der Waals surface area contributed by atoms with Gasteiger partial charge >= 0.3 is 11.6 Å². The molecule has 0 spiro atoms. The van der Waals surface area contributed by atoms with Crippen molar-refractivity contribution in [2.45, 2.75) is 18.9 Å². The molecule has 1 atom stereocenters. The van der Waals surface area contributed by atoms with Crippen LogP contribution in [0.4, 0.5) is 11.5 Å². The number of nitro groups is 1. The van der Waals surface area contributed by atoms with Gasteiger partial charge in [0.05, 0.1) is 11.5 Å². The van der Waals surface area contributed by atoms with E-state index >= 15 is 0 Å². The smallest absolute Gasteiger partial charge is 0.373 e. The quantitative estimate of drug-likeness (QED) is 0.388. The van der Waals surface area contributed by atoms with E-state index in [4.69, 9.17) is 10.5 Å². The molecule has 1 aromatic carbocycles. The molecule has 1 aliphatic rings. The van der Waals surface area contributed by atoms with Crippen LogP contribution in [0.5, 0.6) is 11.6 Å². The summed E-state index contributed by atoms with van der Waals surface area (Å²) in [6.45, 7) is 0.0191. The highest BCUT2D eigenvalue weighted by Gasteiger charge is 2.38. The molecule has 1 aliphatic heterocycles. The van der Waals surface area contributed by atoms with Gasteiger partial charge in [-0.1, -0.05) is 0 Å². The Labute approximate surface area is 173 Å². The number of anilines is 1. The summed E-state index contributed by atoms with van der Waals surface area (Å²) in [5.41, 5.74) is 5.47. The summed E-state index contributed by atoms with van der Waals surface area (Å²) in [7, 11) is 0. The van der Waals surface area contributed by atoms with E-state index in [9.17, 15) is 19.7 Å². The average molecular weight is 428 g/mol. The highest BCUT2D eigenvalue weighted by Crippen LogP contribution is 2.39. The Kier molecular flexibility index (Phi) is 5.26. The highest BCUT2D eigenvalue weighted by atomic mass is 16.6. The molecule has 0 saturated carbocycles. The van der Waals surface area contributed by atoms with Crippen molar-refractivity contribution in [3.8, 4) is 11.6 Å². The Balaban J connectivity index is 1.65. The second-order valence-corrected chi connectivity index (χ2v) is 6.66. The molecule has 0 radical (unpaired) electrons. The fourth-order valence-electron chi connectivity index (χ4n) is 3.32. The number of ether oxygens (including phenoxy) is 1. The number of nitrogens with zero attached hydrogens (tertiary/aromatic N) is 6. The molecular weight excluding hydrogens is 412 g/mol. The Morgan fingerprint density at radius 1 is 1.32 bits per heavy atom. The number of hydrogen-bond donors (Lipinski definition) is 2. The van der Waals surface area contributed by atoms with Crippen LogP contribution in [0.2, 0.25) is 0 Å². The van der Waals surface area contributed by atoms with Crippen LogP contribution in [-0.2, 0) is 9.59 Å². The minimum atomic E-state index is -0.752. The van der Waals surface area contributed by atoms with Crippen LogP contribution in [0.3, 0.4) is 0 Å². The van der Waals surface area contributed by atoms with E-state index in [1.807, 2.05) is 0 Å². The number of benzene rings is 1. The van der Waals surface area contributed by atoms with Gasteiger partial charge in [0.2, 0.25) is 17.6 Å². The first-order chi connectivity index (χ1) is 14.9. The summed E-state index contributed by atoms with van der Waals surface area (Å²) in [5.74, 6) is -1.30. The summed E-state index contributed by atoms with van der Waals surface area (Å²) in [6.07, 6.45) is 2.14. The van der Waals surface area contributed by atoms with E-state index in [1.165, 1.54) is 17.0 Å². The maximum Gasteiger partial charge on any atom is 0.373 e. The van der Waals surface area contributed by atoms with Crippen LogP contribution < -0.4 is 20.7 Å². The number of hydrogen-bond acceptors (Lipinski definition) is 11. The molecule has 3 heterocycles. The number of carbonyl (C=O) groups excluding carboxylic acids is 2. The molecule has 31 heavy (non-hydrogen) atoms. The standard InChI is InChI=1S/C17H16N8O6/c18-13(26)7-19-16(27)12-2-1-5-24(12)15-14(25(28)29)17(21-8-20-15)30-9-3-4-10-11(6-9)23-31-22-10/h3-4,6,8,12H,1-2,5,7H2,(H2,18,26)(H,19,27). The molecule has 1 fully saturated rings. The number of nitrogens with two attached hydrogens (primary N) is 1. The third-order valence-electron chi connectivity index (χ3n) is 4.66. The lowest BCUT2D eigenvalue weighted by molar-refractivity contribution is -0.385. The van der Waals surface area contributed by atoms with Crippen LogP contribution in [0.25, 0.3) is 11.0 Å². The van der Waals surface area contributed by atoms with Crippen LogP contribution in [-0.4, -0.2) is 56.2 Å². The van der Waals surface area contributed by atoms with Crippen LogP contribution in [0.1, 0.15) is 12.8 Å². The number of amides is 2. The first-order valence-corrected chi connectivity index (χ1v) is 9.16. The number of nitrogens with one attached hydrogen (secondary N) is 1. The molecule has 1 unspecified atom stereocenters. The molecule has 3 aromatic rings. The van der Waals surface area contributed by atoms with Crippen molar-refractivity contribution in [1.82, 2.24) is 25.6 Å². The van der Waals surface area contributed by atoms with Crippen molar-refractivity contribution in [3.63, 3.8) is 0 Å². The van der Waals surface area contributed by atoms with Gasteiger partial charge in [-0.05, 0) is 35.3 Å². The number of primary amides is 1. The van der Waals surface area contributed by atoms with Gasteiger partial charge in [0.15, 0.2) is 0 Å². The topological polar surface area (TPSA) is 192 Å². The maximum absolute atomic E-state index is 12.5. The molecule has 0 aliphatic carbocycles.